The van der Waals surface area contributed by atoms with E-state index in [0.29, 0.717) is 17.2 Å². The third-order valence-corrected chi connectivity index (χ3v) is 2.64. The summed E-state index contributed by atoms with van der Waals surface area (Å²) in [4.78, 5) is 8.21. The van der Waals surface area contributed by atoms with Crippen LogP contribution < -0.4 is 16.0 Å². The van der Waals surface area contributed by atoms with Crippen LogP contribution in [0.1, 0.15) is 17.0 Å². The van der Waals surface area contributed by atoms with Crippen molar-refractivity contribution in [1.29, 1.82) is 5.26 Å². The predicted molar refractivity (Wildman–Crippen MR) is 70.5 cm³/mol. The van der Waals surface area contributed by atoms with E-state index < -0.39 is 5.82 Å². The van der Waals surface area contributed by atoms with Crippen molar-refractivity contribution in [1.82, 2.24) is 9.97 Å². The van der Waals surface area contributed by atoms with Gasteiger partial charge in [0.15, 0.2) is 0 Å². The first-order valence-corrected chi connectivity index (χ1v) is 5.75. The molecule has 1 heterocycles. The summed E-state index contributed by atoms with van der Waals surface area (Å²) in [5.74, 6) is 5.86. The van der Waals surface area contributed by atoms with E-state index in [1.165, 1.54) is 18.2 Å². The fourth-order valence-corrected chi connectivity index (χ4v) is 1.64. The minimum atomic E-state index is -0.648. The molecule has 0 saturated heterocycles. The normalized spacial score (nSPS) is 9.95. The molecule has 0 unspecified atom stereocenters. The van der Waals surface area contributed by atoms with Crippen molar-refractivity contribution in [2.75, 3.05) is 5.43 Å². The van der Waals surface area contributed by atoms with E-state index >= 15 is 0 Å². The molecule has 0 aliphatic heterocycles. The average molecular weight is 273 g/mol. The van der Waals surface area contributed by atoms with E-state index in [-0.39, 0.29) is 17.2 Å². The molecule has 7 heteroatoms. The number of aromatic nitrogens is 2. The Kier molecular flexibility index (Phi) is 3.77. The Bertz CT molecular complexity index is 696. The number of ether oxygens (including phenoxy) is 1. The number of benzene rings is 1. The van der Waals surface area contributed by atoms with Gasteiger partial charge in [0.05, 0.1) is 5.56 Å². The van der Waals surface area contributed by atoms with E-state index in [2.05, 4.69) is 15.4 Å². The van der Waals surface area contributed by atoms with Crippen molar-refractivity contribution in [2.45, 2.75) is 13.8 Å². The first kappa shape index (κ1) is 13.7. The fraction of sp³-hybridized carbons (Fsp3) is 0.154. The number of hydrogen-bond donors (Lipinski definition) is 2. The number of hydrogen-bond acceptors (Lipinski definition) is 6. The van der Waals surface area contributed by atoms with Crippen LogP contribution in [0.5, 0.6) is 11.6 Å². The topological polar surface area (TPSA) is 96.9 Å². The number of nitrogens with one attached hydrogen (secondary N) is 1. The first-order valence-electron chi connectivity index (χ1n) is 5.75. The molecule has 6 nitrogen and oxygen atoms in total. The Hall–Kier alpha value is -2.72. The molecule has 1 aromatic carbocycles. The van der Waals surface area contributed by atoms with Gasteiger partial charge in [-0.2, -0.15) is 10.2 Å². The summed E-state index contributed by atoms with van der Waals surface area (Å²) < 4.78 is 19.0. The number of nitrogens with two attached hydrogens (primary N) is 1. The van der Waals surface area contributed by atoms with E-state index in [1.807, 2.05) is 0 Å². The summed E-state index contributed by atoms with van der Waals surface area (Å²) in [6, 6.07) is 5.90. The SMILES string of the molecule is Cc1nc(NN)c(C)c(Oc2cccc(F)c2C#N)n1. The second-order valence-electron chi connectivity index (χ2n) is 4.02. The zero-order chi connectivity index (χ0) is 14.7. The molecule has 0 spiro atoms. The van der Waals surface area contributed by atoms with Crippen molar-refractivity contribution < 1.29 is 9.13 Å². The minimum Gasteiger partial charge on any atom is -0.437 e. The number of nitrogen functional groups attached to an aromatic ring is 1. The molecule has 20 heavy (non-hydrogen) atoms. The summed E-state index contributed by atoms with van der Waals surface area (Å²) in [7, 11) is 0. The highest BCUT2D eigenvalue weighted by molar-refractivity contribution is 5.51. The maximum Gasteiger partial charge on any atom is 0.227 e. The maximum absolute atomic E-state index is 13.5. The van der Waals surface area contributed by atoms with Crippen LogP contribution in [-0.2, 0) is 0 Å². The molecule has 0 bridgehead atoms. The van der Waals surface area contributed by atoms with Crippen molar-refractivity contribution >= 4 is 5.82 Å². The van der Waals surface area contributed by atoms with Gasteiger partial charge >= 0.3 is 0 Å². The van der Waals surface area contributed by atoms with Crippen LogP contribution in [0.3, 0.4) is 0 Å². The highest BCUT2D eigenvalue weighted by Gasteiger charge is 2.14. The zero-order valence-corrected chi connectivity index (χ0v) is 10.9. The zero-order valence-electron chi connectivity index (χ0n) is 10.9. The quantitative estimate of drug-likeness (QED) is 0.657. The second-order valence-corrected chi connectivity index (χ2v) is 4.02. The maximum atomic E-state index is 13.5. The molecule has 2 aromatic rings. The van der Waals surface area contributed by atoms with Crippen molar-refractivity contribution in [2.24, 2.45) is 5.84 Å². The number of anilines is 1. The first-order chi connectivity index (χ1) is 9.56. The second kappa shape index (κ2) is 5.50. The van der Waals surface area contributed by atoms with Crippen molar-refractivity contribution in [3.8, 4) is 17.7 Å². The van der Waals surface area contributed by atoms with Gasteiger partial charge in [0, 0.05) is 0 Å². The lowest BCUT2D eigenvalue weighted by Gasteiger charge is -2.12. The number of rotatable bonds is 3. The highest BCUT2D eigenvalue weighted by Crippen LogP contribution is 2.29. The standard InChI is InChI=1S/C13H12FN5O/c1-7-12(19-16)17-8(2)18-13(7)20-11-5-3-4-10(14)9(11)6-15/h3-5H,16H2,1-2H3,(H,17,18,19). The number of halogens is 1. The van der Waals surface area contributed by atoms with E-state index in [1.54, 1.807) is 19.9 Å². The molecule has 0 radical (unpaired) electrons. The lowest BCUT2D eigenvalue weighted by atomic mass is 10.2. The molecule has 0 aliphatic rings. The lowest BCUT2D eigenvalue weighted by molar-refractivity contribution is 0.449. The van der Waals surface area contributed by atoms with Crippen LogP contribution in [0.15, 0.2) is 18.2 Å². The molecule has 102 valence electrons. The number of hydrazine groups is 1. The van der Waals surface area contributed by atoms with Crippen LogP contribution >= 0.6 is 0 Å². The van der Waals surface area contributed by atoms with Crippen molar-refractivity contribution in [3.05, 3.63) is 41.0 Å². The lowest BCUT2D eigenvalue weighted by Crippen LogP contribution is -2.12. The van der Waals surface area contributed by atoms with Gasteiger partial charge in [0.1, 0.15) is 34.8 Å². The third kappa shape index (κ3) is 2.50. The summed E-state index contributed by atoms with van der Waals surface area (Å²) >= 11 is 0. The summed E-state index contributed by atoms with van der Waals surface area (Å²) in [6.45, 7) is 3.37. The molecule has 0 aliphatic carbocycles. The summed E-state index contributed by atoms with van der Waals surface area (Å²) in [6.07, 6.45) is 0. The van der Waals surface area contributed by atoms with E-state index in [0.717, 1.165) is 0 Å². The Labute approximate surface area is 115 Å². The average Bonchev–Trinajstić information content (AvgIpc) is 2.42. The van der Waals surface area contributed by atoms with Crippen molar-refractivity contribution in [3.63, 3.8) is 0 Å². The Morgan fingerprint density at radius 3 is 2.75 bits per heavy atom. The highest BCUT2D eigenvalue weighted by atomic mass is 19.1. The molecular formula is C13H12FN5O. The van der Waals surface area contributed by atoms with Gasteiger partial charge in [0.25, 0.3) is 0 Å². The summed E-state index contributed by atoms with van der Waals surface area (Å²) in [5.41, 5.74) is 2.82. The number of nitriles is 1. The minimum absolute atomic E-state index is 0.0941. The van der Waals surface area contributed by atoms with Gasteiger partial charge in [-0.1, -0.05) is 6.07 Å². The van der Waals surface area contributed by atoms with Gasteiger partial charge in [0.2, 0.25) is 5.88 Å². The smallest absolute Gasteiger partial charge is 0.227 e. The van der Waals surface area contributed by atoms with Gasteiger partial charge in [-0.05, 0) is 26.0 Å². The molecule has 3 N–H and O–H groups in total. The number of aryl methyl sites for hydroxylation is 1. The molecular weight excluding hydrogens is 261 g/mol. The van der Waals surface area contributed by atoms with Crippen LogP contribution in [0.4, 0.5) is 10.2 Å². The summed E-state index contributed by atoms with van der Waals surface area (Å²) in [5, 5.41) is 8.97. The Balaban J connectivity index is 2.48. The number of nitrogens with zero attached hydrogens (tertiary/aromatic N) is 3. The van der Waals surface area contributed by atoms with E-state index in [9.17, 15) is 4.39 Å². The van der Waals surface area contributed by atoms with Gasteiger partial charge < -0.3 is 10.2 Å². The van der Waals surface area contributed by atoms with Crippen LogP contribution in [-0.4, -0.2) is 9.97 Å². The largest absolute Gasteiger partial charge is 0.437 e. The van der Waals surface area contributed by atoms with Gasteiger partial charge in [-0.25, -0.2) is 15.2 Å². The van der Waals surface area contributed by atoms with Crippen LogP contribution in [0.25, 0.3) is 0 Å². The molecule has 0 saturated carbocycles. The van der Waals surface area contributed by atoms with Crippen LogP contribution in [0, 0.1) is 31.0 Å². The molecule has 0 amide bonds. The molecule has 2 rings (SSSR count). The molecule has 0 fully saturated rings. The van der Waals surface area contributed by atoms with Gasteiger partial charge in [-0.3, -0.25) is 0 Å². The molecule has 1 aromatic heterocycles. The Morgan fingerprint density at radius 1 is 1.35 bits per heavy atom. The third-order valence-electron chi connectivity index (χ3n) is 2.64. The predicted octanol–water partition coefficient (Wildman–Crippen LogP) is 2.18. The monoisotopic (exact) mass is 273 g/mol. The fourth-order valence-electron chi connectivity index (χ4n) is 1.64. The Morgan fingerprint density at radius 2 is 2.10 bits per heavy atom. The molecule has 0 atom stereocenters. The van der Waals surface area contributed by atoms with E-state index in [4.69, 9.17) is 15.8 Å². The van der Waals surface area contributed by atoms with Crippen LogP contribution in [0.2, 0.25) is 0 Å². The van der Waals surface area contributed by atoms with Gasteiger partial charge in [-0.15, -0.1) is 0 Å².